The fraction of sp³-hybridized carbons (Fsp3) is 0.241. The van der Waals surface area contributed by atoms with Crippen molar-refractivity contribution in [2.45, 2.75) is 37.1 Å². The molecule has 2 N–H and O–H groups in total. The van der Waals surface area contributed by atoms with Gasteiger partial charge < -0.3 is 10.4 Å². The lowest BCUT2D eigenvalue weighted by molar-refractivity contribution is -0.136. The van der Waals surface area contributed by atoms with Gasteiger partial charge >= 0.3 is 5.97 Å². The van der Waals surface area contributed by atoms with Crippen LogP contribution in [0.1, 0.15) is 23.3 Å². The van der Waals surface area contributed by atoms with Crippen LogP contribution < -0.4 is 5.32 Å². The first-order chi connectivity index (χ1) is 20.2. The normalized spacial score (nSPS) is 14.8. The molecule has 1 saturated heterocycles. The van der Waals surface area contributed by atoms with E-state index in [1.54, 1.807) is 29.7 Å². The average molecular weight is 607 g/mol. The van der Waals surface area contributed by atoms with Crippen LogP contribution in [-0.2, 0) is 21.2 Å². The number of aliphatic carboxylic acids is 1. The summed E-state index contributed by atoms with van der Waals surface area (Å²) >= 11 is 1.56. The lowest BCUT2D eigenvalue weighted by Gasteiger charge is -2.31. The van der Waals surface area contributed by atoms with Gasteiger partial charge in [0.05, 0.1) is 22.7 Å². The van der Waals surface area contributed by atoms with Crippen LogP contribution in [0, 0.1) is 12.7 Å². The Kier molecular flexibility index (Phi) is 7.47. The third kappa shape index (κ3) is 5.62. The number of nitrogens with one attached hydrogen (secondary N) is 1. The first-order valence-corrected chi connectivity index (χ1v) is 15.6. The summed E-state index contributed by atoms with van der Waals surface area (Å²) < 4.78 is 43.4. The van der Waals surface area contributed by atoms with E-state index in [4.69, 9.17) is 15.1 Å². The standard InChI is InChI=1S/C29H27FN6O4S2/c1-18-17-36-27(26(34-29(36)41-18)20-4-6-21(30)7-5-20)24-10-13-31-28(33-24)32-22-11-14-35(15-12-22)42(39,40)23-8-2-19(3-9-23)16-25(37)38/h2-10,13,17,22H,11-12,14-16H2,1H3,(H,37,38)(H,31,32,33). The molecule has 0 unspecified atom stereocenters. The average Bonchev–Trinajstić information content (AvgIpc) is 3.50. The summed E-state index contributed by atoms with van der Waals surface area (Å²) in [6.45, 7) is 2.65. The minimum Gasteiger partial charge on any atom is -0.481 e. The van der Waals surface area contributed by atoms with Crippen molar-refractivity contribution >= 4 is 38.2 Å². The van der Waals surface area contributed by atoms with Crippen molar-refractivity contribution in [3.63, 3.8) is 0 Å². The molecule has 0 bridgehead atoms. The minimum absolute atomic E-state index is 0.0323. The zero-order valence-electron chi connectivity index (χ0n) is 22.6. The molecule has 2 aromatic carbocycles. The number of aromatic nitrogens is 4. The van der Waals surface area contributed by atoms with E-state index in [9.17, 15) is 17.6 Å². The second kappa shape index (κ2) is 11.2. The van der Waals surface area contributed by atoms with E-state index in [2.05, 4.69) is 10.3 Å². The fourth-order valence-electron chi connectivity index (χ4n) is 5.10. The van der Waals surface area contributed by atoms with Crippen LogP contribution in [0.15, 0.2) is 71.9 Å². The van der Waals surface area contributed by atoms with Crippen LogP contribution in [-0.4, -0.2) is 62.3 Å². The number of fused-ring (bicyclic) bond motifs is 1. The van der Waals surface area contributed by atoms with Crippen molar-refractivity contribution < 1.29 is 22.7 Å². The predicted molar refractivity (Wildman–Crippen MR) is 157 cm³/mol. The number of carboxylic acid groups (broad SMARTS) is 1. The van der Waals surface area contributed by atoms with Gasteiger partial charge in [-0.1, -0.05) is 12.1 Å². The first-order valence-electron chi connectivity index (χ1n) is 13.3. The highest BCUT2D eigenvalue weighted by Crippen LogP contribution is 2.35. The number of anilines is 1. The van der Waals surface area contributed by atoms with Crippen LogP contribution >= 0.6 is 11.3 Å². The van der Waals surface area contributed by atoms with Crippen LogP contribution in [0.4, 0.5) is 10.3 Å². The molecule has 0 spiro atoms. The number of halogens is 1. The van der Waals surface area contributed by atoms with E-state index >= 15 is 0 Å². The summed E-state index contributed by atoms with van der Waals surface area (Å²) in [5, 5.41) is 12.3. The number of carbonyl (C=O) groups is 1. The lowest BCUT2D eigenvalue weighted by Crippen LogP contribution is -2.42. The molecule has 3 aromatic heterocycles. The maximum atomic E-state index is 13.6. The van der Waals surface area contributed by atoms with Crippen molar-refractivity contribution in [2.75, 3.05) is 18.4 Å². The van der Waals surface area contributed by atoms with E-state index < -0.39 is 16.0 Å². The smallest absolute Gasteiger partial charge is 0.307 e. The molecule has 0 amide bonds. The fourth-order valence-corrected chi connectivity index (χ4v) is 7.39. The molecule has 4 heterocycles. The molecular formula is C29H27FN6O4S2. The van der Waals surface area contributed by atoms with Gasteiger partial charge in [0.25, 0.3) is 0 Å². The Morgan fingerprint density at radius 3 is 2.48 bits per heavy atom. The van der Waals surface area contributed by atoms with Crippen molar-refractivity contribution in [2.24, 2.45) is 0 Å². The zero-order chi connectivity index (χ0) is 29.4. The van der Waals surface area contributed by atoms with Gasteiger partial charge in [-0.25, -0.2) is 27.8 Å². The Labute approximate surface area is 245 Å². The molecule has 5 aromatic rings. The zero-order valence-corrected chi connectivity index (χ0v) is 24.2. The molecule has 1 aliphatic rings. The van der Waals surface area contributed by atoms with Crippen LogP contribution in [0.25, 0.3) is 27.6 Å². The highest BCUT2D eigenvalue weighted by Gasteiger charge is 2.30. The largest absolute Gasteiger partial charge is 0.481 e. The van der Waals surface area contributed by atoms with Crippen LogP contribution in [0.3, 0.4) is 0 Å². The van der Waals surface area contributed by atoms with Crippen molar-refractivity contribution in [3.05, 3.63) is 83.2 Å². The molecule has 1 aliphatic heterocycles. The summed E-state index contributed by atoms with van der Waals surface area (Å²) in [5.74, 6) is -0.865. The number of imidazole rings is 1. The molecule has 42 heavy (non-hydrogen) atoms. The number of hydrogen-bond acceptors (Lipinski definition) is 8. The minimum atomic E-state index is -3.70. The topological polar surface area (TPSA) is 130 Å². The predicted octanol–water partition coefficient (Wildman–Crippen LogP) is 4.86. The van der Waals surface area contributed by atoms with E-state index in [1.165, 1.54) is 40.7 Å². The van der Waals surface area contributed by atoms with Gasteiger partial charge in [-0.2, -0.15) is 4.31 Å². The number of thiazole rings is 1. The lowest BCUT2D eigenvalue weighted by atomic mass is 10.1. The van der Waals surface area contributed by atoms with Gasteiger partial charge in [-0.3, -0.25) is 9.20 Å². The first kappa shape index (κ1) is 27.9. The molecule has 216 valence electrons. The molecule has 0 atom stereocenters. The third-order valence-corrected chi connectivity index (χ3v) is 9.97. The van der Waals surface area contributed by atoms with Gasteiger partial charge in [-0.15, -0.1) is 11.3 Å². The summed E-state index contributed by atoms with van der Waals surface area (Å²) in [4.78, 5) is 27.0. The third-order valence-electron chi connectivity index (χ3n) is 7.16. The van der Waals surface area contributed by atoms with E-state index in [1.807, 2.05) is 23.6 Å². The molecule has 0 aliphatic carbocycles. The van der Waals surface area contributed by atoms with Crippen molar-refractivity contribution in [1.29, 1.82) is 0 Å². The molecule has 1 fully saturated rings. The maximum absolute atomic E-state index is 13.6. The molecular weight excluding hydrogens is 579 g/mol. The number of nitrogens with zero attached hydrogens (tertiary/aromatic N) is 5. The van der Waals surface area contributed by atoms with Gasteiger partial charge in [0.2, 0.25) is 16.0 Å². The molecule has 0 saturated carbocycles. The Morgan fingerprint density at radius 2 is 1.79 bits per heavy atom. The molecule has 0 radical (unpaired) electrons. The number of carboxylic acids is 1. The summed E-state index contributed by atoms with van der Waals surface area (Å²) in [6, 6.07) is 14.0. The van der Waals surface area contributed by atoms with Crippen LogP contribution in [0.5, 0.6) is 0 Å². The SMILES string of the molecule is Cc1cn2c(-c3ccnc(NC4CCN(S(=O)(=O)c5ccc(CC(=O)O)cc5)CC4)n3)c(-c3ccc(F)cc3)nc2s1. The van der Waals surface area contributed by atoms with Gasteiger partial charge in [0.15, 0.2) is 4.96 Å². The Bertz CT molecular complexity index is 1860. The Morgan fingerprint density at radius 1 is 1.07 bits per heavy atom. The van der Waals surface area contributed by atoms with E-state index in [0.29, 0.717) is 48.8 Å². The molecule has 13 heteroatoms. The maximum Gasteiger partial charge on any atom is 0.307 e. The van der Waals surface area contributed by atoms with E-state index in [-0.39, 0.29) is 23.2 Å². The second-order valence-corrected chi connectivity index (χ2v) is 13.3. The van der Waals surface area contributed by atoms with Crippen molar-refractivity contribution in [1.82, 2.24) is 23.7 Å². The number of sulfonamides is 1. The van der Waals surface area contributed by atoms with E-state index in [0.717, 1.165) is 21.1 Å². The van der Waals surface area contributed by atoms with Gasteiger partial charge in [-0.05, 0) is 67.8 Å². The summed E-state index contributed by atoms with van der Waals surface area (Å²) in [5.41, 5.74) is 3.45. The molecule has 10 nitrogen and oxygen atoms in total. The number of hydrogen-bond donors (Lipinski definition) is 2. The van der Waals surface area contributed by atoms with Crippen LogP contribution in [0.2, 0.25) is 0 Å². The monoisotopic (exact) mass is 606 g/mol. The quantitative estimate of drug-likeness (QED) is 0.256. The van der Waals surface area contributed by atoms with Crippen molar-refractivity contribution in [3.8, 4) is 22.6 Å². The Hall–Kier alpha value is -4.20. The summed E-state index contributed by atoms with van der Waals surface area (Å²) in [7, 11) is -3.70. The van der Waals surface area contributed by atoms with Gasteiger partial charge in [0, 0.05) is 42.0 Å². The highest BCUT2D eigenvalue weighted by atomic mass is 32.2. The molecule has 6 rings (SSSR count). The number of piperidine rings is 1. The van der Waals surface area contributed by atoms with Gasteiger partial charge in [0.1, 0.15) is 11.5 Å². The highest BCUT2D eigenvalue weighted by molar-refractivity contribution is 7.89. The summed E-state index contributed by atoms with van der Waals surface area (Å²) in [6.07, 6.45) is 4.63. The number of benzene rings is 2. The number of rotatable bonds is 8. The number of aryl methyl sites for hydroxylation is 1. The second-order valence-electron chi connectivity index (χ2n) is 10.1. The Balaban J connectivity index is 1.18.